The quantitative estimate of drug-likeness (QED) is 0.418. The first-order valence-corrected chi connectivity index (χ1v) is 7.77. The Labute approximate surface area is 143 Å². The first-order valence-electron chi connectivity index (χ1n) is 7.77. The second-order valence-corrected chi connectivity index (χ2v) is 5.58. The Morgan fingerprint density at radius 3 is 2.16 bits per heavy atom. The lowest BCUT2D eigenvalue weighted by molar-refractivity contribution is 0.0600. The van der Waals surface area contributed by atoms with Crippen LogP contribution < -0.4 is 5.43 Å². The Morgan fingerprint density at radius 1 is 0.960 bits per heavy atom. The molecule has 0 bridgehead atoms. The van der Waals surface area contributed by atoms with Gasteiger partial charge in [0.2, 0.25) is 0 Å². The summed E-state index contributed by atoms with van der Waals surface area (Å²) in [7, 11) is 1.33. The minimum atomic E-state index is -0.477. The molecule has 4 rings (SSSR count). The maximum absolute atomic E-state index is 12.8. The highest BCUT2D eigenvalue weighted by molar-refractivity contribution is 5.99. The van der Waals surface area contributed by atoms with Gasteiger partial charge in [-0.15, -0.1) is 0 Å². The molecular formula is C20H14N2O3. The van der Waals surface area contributed by atoms with E-state index < -0.39 is 5.97 Å². The fourth-order valence-corrected chi connectivity index (χ4v) is 3.10. The number of rotatable bonds is 2. The Balaban J connectivity index is 2.24. The molecule has 0 fully saturated rings. The monoisotopic (exact) mass is 330 g/mol. The predicted molar refractivity (Wildman–Crippen MR) is 96.2 cm³/mol. The number of aromatic nitrogens is 2. The molecule has 2 heterocycles. The lowest BCUT2D eigenvalue weighted by Gasteiger charge is -2.17. The van der Waals surface area contributed by atoms with Gasteiger partial charge >= 0.3 is 5.97 Å². The van der Waals surface area contributed by atoms with Gasteiger partial charge in [-0.3, -0.25) is 9.78 Å². The smallest absolute Gasteiger partial charge is 0.341 e. The summed E-state index contributed by atoms with van der Waals surface area (Å²) < 4.78 is 6.80. The van der Waals surface area contributed by atoms with Crippen molar-refractivity contribution in [3.8, 4) is 5.69 Å². The summed E-state index contributed by atoms with van der Waals surface area (Å²) in [6, 6.07) is 16.5. The molecule has 2 aromatic carbocycles. The number of para-hydroxylation sites is 2. The molecule has 122 valence electrons. The van der Waals surface area contributed by atoms with E-state index in [0.29, 0.717) is 22.0 Å². The van der Waals surface area contributed by atoms with Crippen molar-refractivity contribution in [1.29, 1.82) is 0 Å². The van der Waals surface area contributed by atoms with E-state index in [1.165, 1.54) is 13.3 Å². The van der Waals surface area contributed by atoms with Gasteiger partial charge in [0.05, 0.1) is 23.8 Å². The summed E-state index contributed by atoms with van der Waals surface area (Å²) in [6.45, 7) is 0. The Hall–Kier alpha value is -3.47. The molecule has 2 aromatic heterocycles. The van der Waals surface area contributed by atoms with E-state index in [4.69, 9.17) is 4.74 Å². The summed E-state index contributed by atoms with van der Waals surface area (Å²) in [5.41, 5.74) is 2.37. The molecule has 0 aliphatic carbocycles. The lowest BCUT2D eigenvalue weighted by atomic mass is 10.1. The van der Waals surface area contributed by atoms with Crippen molar-refractivity contribution in [2.24, 2.45) is 0 Å². The van der Waals surface area contributed by atoms with Gasteiger partial charge in [-0.05, 0) is 30.3 Å². The molecule has 0 saturated carbocycles. The SMILES string of the molecule is COC(=O)c1cnccc1-n1c2ccccc2c(=O)c2ccccc21. The highest BCUT2D eigenvalue weighted by atomic mass is 16.5. The molecule has 0 aliphatic rings. The summed E-state index contributed by atoms with van der Waals surface area (Å²) in [5.74, 6) is -0.477. The maximum atomic E-state index is 12.8. The minimum absolute atomic E-state index is 0.0314. The third kappa shape index (κ3) is 2.29. The topological polar surface area (TPSA) is 61.2 Å². The molecule has 0 radical (unpaired) electrons. The van der Waals surface area contributed by atoms with Crippen LogP contribution in [0.4, 0.5) is 0 Å². The normalized spacial score (nSPS) is 10.9. The highest BCUT2D eigenvalue weighted by Gasteiger charge is 2.17. The molecular weight excluding hydrogens is 316 g/mol. The van der Waals surface area contributed by atoms with E-state index in [1.807, 2.05) is 41.0 Å². The summed E-state index contributed by atoms with van der Waals surface area (Å²) in [5, 5.41) is 1.18. The van der Waals surface area contributed by atoms with Crippen molar-refractivity contribution in [3.05, 3.63) is 82.8 Å². The highest BCUT2D eigenvalue weighted by Crippen LogP contribution is 2.25. The van der Waals surface area contributed by atoms with E-state index in [0.717, 1.165) is 11.0 Å². The van der Waals surface area contributed by atoms with Gasteiger partial charge in [0.1, 0.15) is 5.56 Å². The van der Waals surface area contributed by atoms with Crippen molar-refractivity contribution in [1.82, 2.24) is 9.55 Å². The van der Waals surface area contributed by atoms with Crippen molar-refractivity contribution >= 4 is 27.8 Å². The maximum Gasteiger partial charge on any atom is 0.341 e. The zero-order valence-electron chi connectivity index (χ0n) is 13.5. The molecule has 0 N–H and O–H groups in total. The number of methoxy groups -OCH3 is 1. The van der Waals surface area contributed by atoms with Crippen molar-refractivity contribution in [2.75, 3.05) is 7.11 Å². The number of esters is 1. The number of hydrogen-bond donors (Lipinski definition) is 0. The number of carbonyl (C=O) groups excluding carboxylic acids is 1. The van der Waals surface area contributed by atoms with E-state index in [1.54, 1.807) is 24.4 Å². The van der Waals surface area contributed by atoms with Crippen molar-refractivity contribution in [3.63, 3.8) is 0 Å². The molecule has 0 unspecified atom stereocenters. The van der Waals surface area contributed by atoms with Crippen molar-refractivity contribution < 1.29 is 9.53 Å². The van der Waals surface area contributed by atoms with Crippen LogP contribution in [0.5, 0.6) is 0 Å². The summed E-state index contributed by atoms with van der Waals surface area (Å²) >= 11 is 0. The number of pyridine rings is 2. The summed E-state index contributed by atoms with van der Waals surface area (Å²) in [6.07, 6.45) is 3.09. The van der Waals surface area contributed by atoms with Gasteiger partial charge in [-0.1, -0.05) is 24.3 Å². The van der Waals surface area contributed by atoms with Gasteiger partial charge in [0.25, 0.3) is 0 Å². The van der Waals surface area contributed by atoms with Gasteiger partial charge < -0.3 is 9.30 Å². The minimum Gasteiger partial charge on any atom is -0.465 e. The first-order chi connectivity index (χ1) is 12.2. The van der Waals surface area contributed by atoms with E-state index >= 15 is 0 Å². The largest absolute Gasteiger partial charge is 0.465 e. The van der Waals surface area contributed by atoms with E-state index in [2.05, 4.69) is 4.98 Å². The predicted octanol–water partition coefficient (Wildman–Crippen LogP) is 3.33. The standard InChI is InChI=1S/C20H14N2O3/c1-25-20(24)15-12-21-11-10-18(15)22-16-8-4-2-6-13(16)19(23)14-7-3-5-9-17(14)22/h2-12H,1H3. The second-order valence-electron chi connectivity index (χ2n) is 5.58. The van der Waals surface area contributed by atoms with E-state index in [9.17, 15) is 9.59 Å². The Bertz CT molecular complexity index is 1120. The average molecular weight is 330 g/mol. The number of nitrogens with zero attached hydrogens (tertiary/aromatic N) is 2. The number of benzene rings is 2. The fourth-order valence-electron chi connectivity index (χ4n) is 3.10. The number of fused-ring (bicyclic) bond motifs is 2. The third-order valence-electron chi connectivity index (χ3n) is 4.22. The van der Waals surface area contributed by atoms with Crippen LogP contribution in [-0.4, -0.2) is 22.6 Å². The molecule has 0 atom stereocenters. The molecule has 0 aliphatic heterocycles. The average Bonchev–Trinajstić information content (AvgIpc) is 2.68. The van der Waals surface area contributed by atoms with Crippen LogP contribution in [0.25, 0.3) is 27.5 Å². The first kappa shape index (κ1) is 15.1. The molecule has 5 nitrogen and oxygen atoms in total. The van der Waals surface area contributed by atoms with Crippen LogP contribution in [0.1, 0.15) is 10.4 Å². The molecule has 0 spiro atoms. The molecule has 0 amide bonds. The van der Waals surface area contributed by atoms with Gasteiger partial charge in [0, 0.05) is 23.2 Å². The van der Waals surface area contributed by atoms with Crippen LogP contribution in [0, 0.1) is 0 Å². The van der Waals surface area contributed by atoms with Gasteiger partial charge in [-0.2, -0.15) is 0 Å². The van der Waals surface area contributed by atoms with E-state index in [-0.39, 0.29) is 5.43 Å². The number of hydrogen-bond acceptors (Lipinski definition) is 4. The van der Waals surface area contributed by atoms with Crippen LogP contribution in [0.3, 0.4) is 0 Å². The third-order valence-corrected chi connectivity index (χ3v) is 4.22. The van der Waals surface area contributed by atoms with Crippen LogP contribution >= 0.6 is 0 Å². The zero-order valence-corrected chi connectivity index (χ0v) is 13.5. The molecule has 4 aromatic rings. The Morgan fingerprint density at radius 2 is 1.56 bits per heavy atom. The van der Waals surface area contributed by atoms with Crippen molar-refractivity contribution in [2.45, 2.75) is 0 Å². The lowest BCUT2D eigenvalue weighted by Crippen LogP contribution is -2.14. The molecule has 5 heteroatoms. The molecule has 25 heavy (non-hydrogen) atoms. The molecule has 0 saturated heterocycles. The second kappa shape index (κ2) is 5.87. The van der Waals surface area contributed by atoms with Crippen LogP contribution in [-0.2, 0) is 4.74 Å². The van der Waals surface area contributed by atoms with Gasteiger partial charge in [-0.25, -0.2) is 4.79 Å². The zero-order chi connectivity index (χ0) is 17.4. The van der Waals surface area contributed by atoms with Crippen LogP contribution in [0.15, 0.2) is 71.8 Å². The number of ether oxygens (including phenoxy) is 1. The fraction of sp³-hybridized carbons (Fsp3) is 0.0500. The Kier molecular flexibility index (Phi) is 3.54. The van der Waals surface area contributed by atoms with Gasteiger partial charge in [0.15, 0.2) is 5.43 Å². The van der Waals surface area contributed by atoms with Crippen LogP contribution in [0.2, 0.25) is 0 Å². The summed E-state index contributed by atoms with van der Waals surface area (Å²) in [4.78, 5) is 29.1. The number of carbonyl (C=O) groups is 1.